The highest BCUT2D eigenvalue weighted by Crippen LogP contribution is 2.24. The fraction of sp³-hybridized carbons (Fsp3) is 0.200. The predicted molar refractivity (Wildman–Crippen MR) is 87.6 cm³/mol. The van der Waals surface area contributed by atoms with E-state index in [4.69, 9.17) is 5.73 Å². The van der Waals surface area contributed by atoms with Crippen molar-refractivity contribution in [3.05, 3.63) is 72.8 Å². The number of nitrogens with two attached hydrogens (primary N) is 1. The van der Waals surface area contributed by atoms with E-state index in [2.05, 4.69) is 35.6 Å². The van der Waals surface area contributed by atoms with Crippen LogP contribution in [0.5, 0.6) is 0 Å². The van der Waals surface area contributed by atoms with Gasteiger partial charge in [0, 0.05) is 21.7 Å². The first-order chi connectivity index (χ1) is 9.49. The van der Waals surface area contributed by atoms with Crippen LogP contribution in [0.4, 0.5) is 5.69 Å². The highest BCUT2D eigenvalue weighted by Gasteiger charge is 2.12. The van der Waals surface area contributed by atoms with Crippen molar-refractivity contribution in [3.63, 3.8) is 0 Å². The van der Waals surface area contributed by atoms with E-state index in [1.807, 2.05) is 12.1 Å². The second-order valence-corrected chi connectivity index (χ2v) is 5.79. The lowest BCUT2D eigenvalue weighted by Crippen LogP contribution is -2.15. The molecule has 0 spiro atoms. The molecule has 0 bridgehead atoms. The molecule has 0 aliphatic rings. The number of rotatable bonds is 4. The van der Waals surface area contributed by atoms with Gasteiger partial charge in [-0.3, -0.25) is 10.1 Å². The molecule has 2 aromatic rings. The molecule has 5 heteroatoms. The maximum absolute atomic E-state index is 10.6. The minimum Gasteiger partial charge on any atom is -0.324 e. The van der Waals surface area contributed by atoms with Gasteiger partial charge in [-0.05, 0) is 52.6 Å². The molecule has 0 radical (unpaired) electrons. The summed E-state index contributed by atoms with van der Waals surface area (Å²) in [6.45, 7) is 2.06. The average Bonchev–Trinajstić information content (AvgIpc) is 2.42. The lowest BCUT2D eigenvalue weighted by molar-refractivity contribution is -0.384. The minimum atomic E-state index is -0.396. The van der Waals surface area contributed by atoms with Gasteiger partial charge in [0.25, 0.3) is 5.69 Å². The molecule has 2 aromatic carbocycles. The average molecular weight is 382 g/mol. The Morgan fingerprint density at radius 1 is 1.25 bits per heavy atom. The Morgan fingerprint density at radius 2 is 1.90 bits per heavy atom. The van der Waals surface area contributed by atoms with Crippen molar-refractivity contribution in [1.82, 2.24) is 0 Å². The standard InChI is InChI=1S/C15H15IN2O2/c1-10-3-2-4-13(15(10)16)14(17)9-11-5-7-12(8-6-11)18(19)20/h2-8,14H,9,17H2,1H3. The number of benzene rings is 2. The molecule has 0 saturated heterocycles. The van der Waals surface area contributed by atoms with Gasteiger partial charge >= 0.3 is 0 Å². The van der Waals surface area contributed by atoms with Gasteiger partial charge in [0.15, 0.2) is 0 Å². The van der Waals surface area contributed by atoms with Gasteiger partial charge in [0.05, 0.1) is 4.92 Å². The van der Waals surface area contributed by atoms with E-state index >= 15 is 0 Å². The second kappa shape index (κ2) is 6.32. The van der Waals surface area contributed by atoms with Crippen LogP contribution in [0, 0.1) is 20.6 Å². The predicted octanol–water partition coefficient (Wildman–Crippen LogP) is 3.75. The molecule has 2 N–H and O–H groups in total. The Hall–Kier alpha value is -1.47. The molecule has 0 saturated carbocycles. The molecule has 104 valence electrons. The maximum Gasteiger partial charge on any atom is 0.269 e. The number of nitro benzene ring substituents is 1. The molecule has 0 aliphatic carbocycles. The Bertz CT molecular complexity index is 626. The van der Waals surface area contributed by atoms with Crippen LogP contribution in [0.1, 0.15) is 22.7 Å². The molecular weight excluding hydrogens is 367 g/mol. The van der Waals surface area contributed by atoms with E-state index in [1.165, 1.54) is 21.3 Å². The van der Waals surface area contributed by atoms with Gasteiger partial charge in [-0.2, -0.15) is 0 Å². The highest BCUT2D eigenvalue weighted by atomic mass is 127. The second-order valence-electron chi connectivity index (χ2n) is 4.71. The number of hydrogen-bond donors (Lipinski definition) is 1. The number of hydrogen-bond acceptors (Lipinski definition) is 3. The smallest absolute Gasteiger partial charge is 0.269 e. The molecule has 0 fully saturated rings. The van der Waals surface area contributed by atoms with E-state index in [9.17, 15) is 10.1 Å². The zero-order valence-corrected chi connectivity index (χ0v) is 13.2. The number of nitro groups is 1. The first-order valence-corrected chi connectivity index (χ1v) is 7.31. The third kappa shape index (κ3) is 3.34. The third-order valence-electron chi connectivity index (χ3n) is 3.22. The van der Waals surface area contributed by atoms with Crippen LogP contribution >= 0.6 is 22.6 Å². The van der Waals surface area contributed by atoms with Crippen molar-refractivity contribution in [3.8, 4) is 0 Å². The lowest BCUT2D eigenvalue weighted by atomic mass is 9.98. The normalized spacial score (nSPS) is 12.2. The topological polar surface area (TPSA) is 69.2 Å². The quantitative estimate of drug-likeness (QED) is 0.498. The Labute approximate surface area is 131 Å². The molecule has 0 aliphatic heterocycles. The van der Waals surface area contributed by atoms with Gasteiger partial charge < -0.3 is 5.73 Å². The summed E-state index contributed by atoms with van der Waals surface area (Å²) in [7, 11) is 0. The summed E-state index contributed by atoms with van der Waals surface area (Å²) in [5.74, 6) is 0. The summed E-state index contributed by atoms with van der Waals surface area (Å²) >= 11 is 2.31. The number of aryl methyl sites for hydroxylation is 1. The summed E-state index contributed by atoms with van der Waals surface area (Å²) in [5, 5.41) is 10.6. The fourth-order valence-electron chi connectivity index (χ4n) is 2.07. The van der Waals surface area contributed by atoms with E-state index < -0.39 is 4.92 Å². The van der Waals surface area contributed by atoms with E-state index in [0.29, 0.717) is 6.42 Å². The molecule has 1 atom stereocenters. The van der Waals surface area contributed by atoms with Crippen molar-refractivity contribution in [2.45, 2.75) is 19.4 Å². The lowest BCUT2D eigenvalue weighted by Gasteiger charge is -2.15. The fourth-order valence-corrected chi connectivity index (χ4v) is 2.83. The molecule has 0 amide bonds. The maximum atomic E-state index is 10.6. The van der Waals surface area contributed by atoms with Crippen molar-refractivity contribution in [1.29, 1.82) is 0 Å². The molecular formula is C15H15IN2O2. The SMILES string of the molecule is Cc1cccc(C(N)Cc2ccc([N+](=O)[O-])cc2)c1I. The van der Waals surface area contributed by atoms with Gasteiger partial charge in [-0.1, -0.05) is 30.3 Å². The zero-order valence-electron chi connectivity index (χ0n) is 11.0. The van der Waals surface area contributed by atoms with Crippen molar-refractivity contribution < 1.29 is 4.92 Å². The highest BCUT2D eigenvalue weighted by molar-refractivity contribution is 14.1. The van der Waals surface area contributed by atoms with Crippen LogP contribution in [-0.4, -0.2) is 4.92 Å². The van der Waals surface area contributed by atoms with Crippen molar-refractivity contribution in [2.75, 3.05) is 0 Å². The van der Waals surface area contributed by atoms with Crippen LogP contribution < -0.4 is 5.73 Å². The summed E-state index contributed by atoms with van der Waals surface area (Å²) in [6.07, 6.45) is 0.664. The number of nitrogens with zero attached hydrogens (tertiary/aromatic N) is 1. The monoisotopic (exact) mass is 382 g/mol. The molecule has 0 heterocycles. The first kappa shape index (κ1) is 14.9. The minimum absolute atomic E-state index is 0.104. The first-order valence-electron chi connectivity index (χ1n) is 6.23. The molecule has 2 rings (SSSR count). The molecule has 20 heavy (non-hydrogen) atoms. The van der Waals surface area contributed by atoms with Crippen molar-refractivity contribution >= 4 is 28.3 Å². The van der Waals surface area contributed by atoms with Crippen LogP contribution in [-0.2, 0) is 6.42 Å². The zero-order chi connectivity index (χ0) is 14.7. The van der Waals surface area contributed by atoms with Crippen LogP contribution in [0.2, 0.25) is 0 Å². The summed E-state index contributed by atoms with van der Waals surface area (Å²) in [6, 6.07) is 12.5. The van der Waals surface area contributed by atoms with Crippen LogP contribution in [0.3, 0.4) is 0 Å². The molecule has 0 aromatic heterocycles. The van der Waals surface area contributed by atoms with Gasteiger partial charge in [0.2, 0.25) is 0 Å². The molecule has 4 nitrogen and oxygen atoms in total. The number of halogens is 1. The number of non-ortho nitro benzene ring substituents is 1. The van der Waals surface area contributed by atoms with Crippen LogP contribution in [0.25, 0.3) is 0 Å². The third-order valence-corrected chi connectivity index (χ3v) is 4.70. The molecule has 1 unspecified atom stereocenters. The summed E-state index contributed by atoms with van der Waals surface area (Å²) in [5.41, 5.74) is 9.69. The summed E-state index contributed by atoms with van der Waals surface area (Å²) < 4.78 is 1.18. The Balaban J connectivity index is 2.17. The van der Waals surface area contributed by atoms with Crippen molar-refractivity contribution in [2.24, 2.45) is 5.73 Å². The van der Waals surface area contributed by atoms with E-state index in [-0.39, 0.29) is 11.7 Å². The Morgan fingerprint density at radius 3 is 2.50 bits per heavy atom. The largest absolute Gasteiger partial charge is 0.324 e. The van der Waals surface area contributed by atoms with Gasteiger partial charge in [-0.25, -0.2) is 0 Å². The van der Waals surface area contributed by atoms with E-state index in [0.717, 1.165) is 11.1 Å². The van der Waals surface area contributed by atoms with Crippen LogP contribution in [0.15, 0.2) is 42.5 Å². The van der Waals surface area contributed by atoms with E-state index in [1.54, 1.807) is 12.1 Å². The van der Waals surface area contributed by atoms with Gasteiger partial charge in [-0.15, -0.1) is 0 Å². The summed E-state index contributed by atoms with van der Waals surface area (Å²) in [4.78, 5) is 10.2. The Kier molecular flexibility index (Phi) is 4.72. The van der Waals surface area contributed by atoms with Gasteiger partial charge in [0.1, 0.15) is 0 Å².